The van der Waals surface area contributed by atoms with E-state index in [0.717, 1.165) is 22.7 Å². The van der Waals surface area contributed by atoms with Crippen LogP contribution in [0.1, 0.15) is 18.9 Å². The van der Waals surface area contributed by atoms with E-state index in [1.165, 1.54) is 36.4 Å². The van der Waals surface area contributed by atoms with Gasteiger partial charge in [-0.2, -0.15) is 13.2 Å². The summed E-state index contributed by atoms with van der Waals surface area (Å²) in [4.78, 5) is 12.7. The fraction of sp³-hybridized carbons (Fsp3) is 0.278. The number of nitrogens with one attached hydrogen (secondary N) is 1. The number of nitrogens with zero attached hydrogens (tertiary/aromatic N) is 1. The van der Waals surface area contributed by atoms with E-state index in [1.54, 1.807) is 6.92 Å². The van der Waals surface area contributed by atoms with Gasteiger partial charge >= 0.3 is 6.18 Å². The molecule has 1 N–H and O–H groups in total. The topological polar surface area (TPSA) is 66.5 Å². The molecular formula is C18H18ClF3N2O3S. The summed E-state index contributed by atoms with van der Waals surface area (Å²) < 4.78 is 65.0. The van der Waals surface area contributed by atoms with Crippen LogP contribution < -0.4 is 9.62 Å². The molecule has 1 atom stereocenters. The van der Waals surface area contributed by atoms with E-state index in [-0.39, 0.29) is 12.1 Å². The van der Waals surface area contributed by atoms with Crippen molar-refractivity contribution in [1.29, 1.82) is 0 Å². The minimum absolute atomic E-state index is 0.0374. The van der Waals surface area contributed by atoms with Gasteiger partial charge in [0.1, 0.15) is 6.04 Å². The molecule has 0 saturated carbocycles. The van der Waals surface area contributed by atoms with Gasteiger partial charge in [-0.15, -0.1) is 0 Å². The van der Waals surface area contributed by atoms with Gasteiger partial charge in [0.05, 0.1) is 23.2 Å². The van der Waals surface area contributed by atoms with Crippen LogP contribution in [0, 0.1) is 0 Å². The third-order valence-electron chi connectivity index (χ3n) is 3.90. The van der Waals surface area contributed by atoms with Gasteiger partial charge in [-0.25, -0.2) is 8.42 Å². The second-order valence-corrected chi connectivity index (χ2v) is 8.29. The molecule has 0 heterocycles. The number of hydrogen-bond donors (Lipinski definition) is 1. The standard InChI is InChI=1S/C18H18ClF3N2O3S/c1-3-16(24(28(2,26)27)13-10-8-12(19)9-11-13)17(25)23-15-7-5-4-6-14(15)18(20,21)22/h4-11,16H,3H2,1-2H3,(H,23,25). The SMILES string of the molecule is CCC(C(=O)Nc1ccccc1C(F)(F)F)N(c1ccc(Cl)cc1)S(C)(=O)=O. The zero-order valence-electron chi connectivity index (χ0n) is 15.0. The minimum Gasteiger partial charge on any atom is -0.324 e. The number of halogens is 4. The van der Waals surface area contributed by atoms with Gasteiger partial charge in [-0.1, -0.05) is 30.7 Å². The number of hydrogen-bond acceptors (Lipinski definition) is 3. The Morgan fingerprint density at radius 2 is 1.71 bits per heavy atom. The van der Waals surface area contributed by atoms with Crippen LogP contribution in [0.3, 0.4) is 0 Å². The first-order chi connectivity index (χ1) is 12.9. The van der Waals surface area contributed by atoms with Gasteiger partial charge in [-0.05, 0) is 42.8 Å². The molecule has 2 rings (SSSR count). The highest BCUT2D eigenvalue weighted by molar-refractivity contribution is 7.92. The van der Waals surface area contributed by atoms with Crippen molar-refractivity contribution < 1.29 is 26.4 Å². The number of carbonyl (C=O) groups is 1. The van der Waals surface area contributed by atoms with Gasteiger partial charge < -0.3 is 5.32 Å². The number of rotatable bonds is 6. The Kier molecular flexibility index (Phi) is 6.61. The number of sulfonamides is 1. The number of para-hydroxylation sites is 1. The highest BCUT2D eigenvalue weighted by Gasteiger charge is 2.36. The Morgan fingerprint density at radius 1 is 1.14 bits per heavy atom. The molecule has 10 heteroatoms. The maximum atomic E-state index is 13.2. The summed E-state index contributed by atoms with van der Waals surface area (Å²) in [5, 5.41) is 2.58. The fourth-order valence-corrected chi connectivity index (χ4v) is 4.04. The average Bonchev–Trinajstić information content (AvgIpc) is 2.59. The molecule has 5 nitrogen and oxygen atoms in total. The third-order valence-corrected chi connectivity index (χ3v) is 5.33. The van der Waals surface area contributed by atoms with Gasteiger partial charge in [0, 0.05) is 5.02 Å². The van der Waals surface area contributed by atoms with Crippen molar-refractivity contribution in [3.63, 3.8) is 0 Å². The third kappa shape index (κ3) is 5.17. The van der Waals surface area contributed by atoms with E-state index >= 15 is 0 Å². The lowest BCUT2D eigenvalue weighted by Gasteiger charge is -2.30. The predicted molar refractivity (Wildman–Crippen MR) is 103 cm³/mol. The Labute approximate surface area is 166 Å². The summed E-state index contributed by atoms with van der Waals surface area (Å²) >= 11 is 5.82. The van der Waals surface area contributed by atoms with Crippen LogP contribution in [0.25, 0.3) is 0 Å². The number of carbonyl (C=O) groups excluding carboxylic acids is 1. The first-order valence-corrected chi connectivity index (χ1v) is 10.4. The Balaban J connectivity index is 2.42. The first kappa shape index (κ1) is 22.0. The summed E-state index contributed by atoms with van der Waals surface area (Å²) in [5.74, 6) is -0.875. The van der Waals surface area contributed by atoms with Gasteiger partial charge in [0.2, 0.25) is 15.9 Å². The van der Waals surface area contributed by atoms with E-state index in [4.69, 9.17) is 11.6 Å². The van der Waals surface area contributed by atoms with Crippen LogP contribution in [-0.4, -0.2) is 26.6 Å². The maximum absolute atomic E-state index is 13.2. The van der Waals surface area contributed by atoms with E-state index in [1.807, 2.05) is 0 Å². The van der Waals surface area contributed by atoms with Crippen molar-refractivity contribution in [3.05, 3.63) is 59.1 Å². The van der Waals surface area contributed by atoms with Crippen molar-refractivity contribution in [2.24, 2.45) is 0 Å². The van der Waals surface area contributed by atoms with E-state index in [0.29, 0.717) is 5.02 Å². The zero-order valence-corrected chi connectivity index (χ0v) is 16.6. The van der Waals surface area contributed by atoms with Crippen molar-refractivity contribution >= 4 is 38.9 Å². The smallest absolute Gasteiger partial charge is 0.324 e. The molecular weight excluding hydrogens is 417 g/mol. The molecule has 2 aromatic carbocycles. The predicted octanol–water partition coefficient (Wildman–Crippen LogP) is 4.54. The van der Waals surface area contributed by atoms with Crippen molar-refractivity contribution in [3.8, 4) is 0 Å². The molecule has 0 aliphatic heterocycles. The van der Waals surface area contributed by atoms with Crippen molar-refractivity contribution in [2.75, 3.05) is 15.9 Å². The van der Waals surface area contributed by atoms with Gasteiger partial charge in [-0.3, -0.25) is 9.10 Å². The van der Waals surface area contributed by atoms with Crippen LogP contribution in [0.4, 0.5) is 24.5 Å². The van der Waals surface area contributed by atoms with E-state index < -0.39 is 39.4 Å². The average molecular weight is 435 g/mol. The molecule has 2 aromatic rings. The summed E-state index contributed by atoms with van der Waals surface area (Å²) in [5.41, 5.74) is -1.28. The summed E-state index contributed by atoms with van der Waals surface area (Å²) in [6.45, 7) is 1.56. The first-order valence-electron chi connectivity index (χ1n) is 8.17. The quantitative estimate of drug-likeness (QED) is 0.725. The Bertz CT molecular complexity index is 947. The van der Waals surface area contributed by atoms with E-state index in [9.17, 15) is 26.4 Å². The van der Waals surface area contributed by atoms with E-state index in [2.05, 4.69) is 5.32 Å². The van der Waals surface area contributed by atoms with Crippen LogP contribution in [0.15, 0.2) is 48.5 Å². The normalized spacial score (nSPS) is 13.1. The summed E-state index contributed by atoms with van der Waals surface area (Å²) in [7, 11) is -3.91. The fourth-order valence-electron chi connectivity index (χ4n) is 2.70. The number of benzene rings is 2. The molecule has 0 saturated heterocycles. The van der Waals surface area contributed by atoms with Gasteiger partial charge in [0.25, 0.3) is 0 Å². The molecule has 0 aliphatic carbocycles. The monoisotopic (exact) mass is 434 g/mol. The summed E-state index contributed by atoms with van der Waals surface area (Å²) in [6, 6.07) is 9.00. The molecule has 0 aliphatic rings. The molecule has 0 radical (unpaired) electrons. The summed E-state index contributed by atoms with van der Waals surface area (Å²) in [6.07, 6.45) is -3.71. The second-order valence-electron chi connectivity index (χ2n) is 5.99. The lowest BCUT2D eigenvalue weighted by Crippen LogP contribution is -2.47. The molecule has 28 heavy (non-hydrogen) atoms. The van der Waals surface area contributed by atoms with Crippen LogP contribution in [0.2, 0.25) is 5.02 Å². The van der Waals surface area contributed by atoms with Crippen molar-refractivity contribution in [1.82, 2.24) is 0 Å². The molecule has 1 unspecified atom stereocenters. The number of alkyl halides is 3. The number of anilines is 2. The number of amides is 1. The molecule has 1 amide bonds. The van der Waals surface area contributed by atoms with Crippen LogP contribution in [0.5, 0.6) is 0 Å². The molecule has 0 spiro atoms. The maximum Gasteiger partial charge on any atom is 0.418 e. The minimum atomic E-state index is -4.67. The van der Waals surface area contributed by atoms with Crippen LogP contribution in [-0.2, 0) is 21.0 Å². The zero-order chi connectivity index (χ0) is 21.1. The molecule has 152 valence electrons. The highest BCUT2D eigenvalue weighted by Crippen LogP contribution is 2.35. The second kappa shape index (κ2) is 8.40. The Hall–Kier alpha value is -2.26. The van der Waals surface area contributed by atoms with Gasteiger partial charge in [0.15, 0.2) is 0 Å². The molecule has 0 fully saturated rings. The highest BCUT2D eigenvalue weighted by atomic mass is 35.5. The largest absolute Gasteiger partial charge is 0.418 e. The Morgan fingerprint density at radius 3 is 2.21 bits per heavy atom. The van der Waals surface area contributed by atoms with Crippen LogP contribution >= 0.6 is 11.6 Å². The lowest BCUT2D eigenvalue weighted by atomic mass is 10.1. The lowest BCUT2D eigenvalue weighted by molar-refractivity contribution is -0.137. The molecule has 0 aromatic heterocycles. The van der Waals surface area contributed by atoms with Crippen molar-refractivity contribution in [2.45, 2.75) is 25.6 Å². The molecule has 0 bridgehead atoms.